The zero-order chi connectivity index (χ0) is 19.8. The summed E-state index contributed by atoms with van der Waals surface area (Å²) in [6, 6.07) is 11.6. The predicted octanol–water partition coefficient (Wildman–Crippen LogP) is 4.66. The van der Waals surface area contributed by atoms with Crippen molar-refractivity contribution in [3.63, 3.8) is 0 Å². The van der Waals surface area contributed by atoms with Crippen molar-refractivity contribution in [1.82, 2.24) is 0 Å². The van der Waals surface area contributed by atoms with E-state index in [-0.39, 0.29) is 18.7 Å². The van der Waals surface area contributed by atoms with E-state index in [9.17, 15) is 14.4 Å². The molecule has 2 rings (SSSR count). The van der Waals surface area contributed by atoms with Gasteiger partial charge in [-0.15, -0.1) is 0 Å². The molecule has 0 aromatic heterocycles. The molecule has 0 aliphatic carbocycles. The number of carbonyl (C=O) groups is 3. The lowest BCUT2D eigenvalue weighted by molar-refractivity contribution is -0.147. The molecular formula is C18H15BrCl2N2O4. The van der Waals surface area contributed by atoms with E-state index in [0.717, 1.165) is 4.47 Å². The molecule has 2 amide bonds. The van der Waals surface area contributed by atoms with Gasteiger partial charge in [0.1, 0.15) is 0 Å². The number of hydrogen-bond donors (Lipinski definition) is 2. The lowest BCUT2D eigenvalue weighted by atomic mass is 10.2. The normalized spacial score (nSPS) is 10.2. The van der Waals surface area contributed by atoms with Gasteiger partial charge in [-0.3, -0.25) is 14.4 Å². The van der Waals surface area contributed by atoms with Crippen LogP contribution in [0.4, 0.5) is 11.4 Å². The molecule has 0 fully saturated rings. The van der Waals surface area contributed by atoms with E-state index in [1.165, 1.54) is 12.1 Å². The first kappa shape index (κ1) is 21.2. The smallest absolute Gasteiger partial charge is 0.306 e. The average Bonchev–Trinajstić information content (AvgIpc) is 2.63. The van der Waals surface area contributed by atoms with Crippen molar-refractivity contribution >= 4 is 68.3 Å². The third-order valence-electron chi connectivity index (χ3n) is 3.25. The second-order valence-electron chi connectivity index (χ2n) is 5.39. The zero-order valence-electron chi connectivity index (χ0n) is 13.9. The van der Waals surface area contributed by atoms with Crippen LogP contribution in [0.25, 0.3) is 0 Å². The summed E-state index contributed by atoms with van der Waals surface area (Å²) in [5.41, 5.74) is 0.938. The molecule has 9 heteroatoms. The van der Waals surface area contributed by atoms with Crippen LogP contribution in [0.5, 0.6) is 0 Å². The van der Waals surface area contributed by atoms with Crippen LogP contribution < -0.4 is 10.6 Å². The summed E-state index contributed by atoms with van der Waals surface area (Å²) in [5.74, 6) is -1.55. The third kappa shape index (κ3) is 7.58. The van der Waals surface area contributed by atoms with Crippen molar-refractivity contribution < 1.29 is 19.1 Å². The number of amides is 2. The molecular weight excluding hydrogens is 459 g/mol. The van der Waals surface area contributed by atoms with Crippen LogP contribution in [0.3, 0.4) is 0 Å². The number of carbonyl (C=O) groups excluding carboxylic acids is 3. The fourth-order valence-corrected chi connectivity index (χ4v) is 2.57. The van der Waals surface area contributed by atoms with E-state index < -0.39 is 18.5 Å². The van der Waals surface area contributed by atoms with Crippen LogP contribution in [0, 0.1) is 0 Å². The molecule has 0 bridgehead atoms. The molecule has 0 radical (unpaired) electrons. The molecule has 2 N–H and O–H groups in total. The maximum atomic E-state index is 11.8. The Labute approximate surface area is 174 Å². The van der Waals surface area contributed by atoms with Crippen molar-refractivity contribution in [2.75, 3.05) is 17.2 Å². The number of rotatable bonds is 7. The van der Waals surface area contributed by atoms with Crippen LogP contribution in [-0.2, 0) is 19.1 Å². The predicted molar refractivity (Wildman–Crippen MR) is 108 cm³/mol. The summed E-state index contributed by atoms with van der Waals surface area (Å²) in [4.78, 5) is 35.3. The lowest BCUT2D eigenvalue weighted by Gasteiger charge is -2.09. The van der Waals surface area contributed by atoms with Crippen molar-refractivity contribution in [3.8, 4) is 0 Å². The van der Waals surface area contributed by atoms with Gasteiger partial charge in [0.25, 0.3) is 5.91 Å². The minimum atomic E-state index is -0.659. The quantitative estimate of drug-likeness (QED) is 0.573. The largest absolute Gasteiger partial charge is 0.456 e. The number of hydrogen-bond acceptors (Lipinski definition) is 4. The van der Waals surface area contributed by atoms with Crippen molar-refractivity contribution in [2.45, 2.75) is 12.8 Å². The maximum Gasteiger partial charge on any atom is 0.306 e. The van der Waals surface area contributed by atoms with Gasteiger partial charge in [-0.1, -0.05) is 39.1 Å². The summed E-state index contributed by atoms with van der Waals surface area (Å²) < 4.78 is 5.74. The van der Waals surface area contributed by atoms with E-state index in [1.54, 1.807) is 30.3 Å². The first-order chi connectivity index (χ1) is 12.8. The highest BCUT2D eigenvalue weighted by molar-refractivity contribution is 9.10. The Morgan fingerprint density at radius 2 is 1.63 bits per heavy atom. The number of anilines is 2. The van der Waals surface area contributed by atoms with Crippen LogP contribution >= 0.6 is 39.1 Å². The molecule has 0 aliphatic heterocycles. The highest BCUT2D eigenvalue weighted by Crippen LogP contribution is 2.25. The lowest BCUT2D eigenvalue weighted by Crippen LogP contribution is -2.22. The standard InChI is InChI=1S/C18H15BrCl2N2O4/c19-11-1-4-13(5-2-11)22-16(24)7-8-18(26)27-10-17(25)23-15-9-12(20)3-6-14(15)21/h1-6,9H,7-8,10H2,(H,22,24)(H,23,25). The minimum absolute atomic E-state index is 0.0589. The zero-order valence-corrected chi connectivity index (χ0v) is 17.0. The molecule has 2 aromatic rings. The van der Waals surface area contributed by atoms with E-state index in [0.29, 0.717) is 21.4 Å². The Morgan fingerprint density at radius 3 is 2.33 bits per heavy atom. The summed E-state index contributed by atoms with van der Waals surface area (Å²) in [6.07, 6.45) is -0.204. The van der Waals surface area contributed by atoms with Gasteiger partial charge in [-0.05, 0) is 42.5 Å². The second kappa shape index (κ2) is 10.3. The number of ether oxygens (including phenoxy) is 1. The molecule has 0 saturated heterocycles. The molecule has 0 spiro atoms. The summed E-state index contributed by atoms with van der Waals surface area (Å²) in [6.45, 7) is -0.490. The minimum Gasteiger partial charge on any atom is -0.456 e. The van der Waals surface area contributed by atoms with Gasteiger partial charge < -0.3 is 15.4 Å². The van der Waals surface area contributed by atoms with Crippen molar-refractivity contribution in [1.29, 1.82) is 0 Å². The molecule has 0 heterocycles. The average molecular weight is 474 g/mol. The Bertz CT molecular complexity index is 844. The maximum absolute atomic E-state index is 11.8. The van der Waals surface area contributed by atoms with Crippen LogP contribution in [0.1, 0.15) is 12.8 Å². The first-order valence-electron chi connectivity index (χ1n) is 7.79. The Balaban J connectivity index is 1.70. The van der Waals surface area contributed by atoms with E-state index in [4.69, 9.17) is 27.9 Å². The summed E-state index contributed by atoms with van der Waals surface area (Å²) in [5, 5.41) is 5.87. The highest BCUT2D eigenvalue weighted by atomic mass is 79.9. The van der Waals surface area contributed by atoms with Gasteiger partial charge in [-0.25, -0.2) is 0 Å². The van der Waals surface area contributed by atoms with E-state index >= 15 is 0 Å². The summed E-state index contributed by atoms with van der Waals surface area (Å²) >= 11 is 15.1. The van der Waals surface area contributed by atoms with Crippen molar-refractivity contribution in [2.24, 2.45) is 0 Å². The van der Waals surface area contributed by atoms with Gasteiger partial charge in [-0.2, -0.15) is 0 Å². The Morgan fingerprint density at radius 1 is 0.926 bits per heavy atom. The van der Waals surface area contributed by atoms with Crippen molar-refractivity contribution in [3.05, 3.63) is 57.0 Å². The summed E-state index contributed by atoms with van der Waals surface area (Å²) in [7, 11) is 0. The Kier molecular flexibility index (Phi) is 8.09. The molecule has 2 aromatic carbocycles. The Hall–Kier alpha value is -2.09. The topological polar surface area (TPSA) is 84.5 Å². The van der Waals surface area contributed by atoms with Gasteiger partial charge in [0.05, 0.1) is 17.1 Å². The van der Waals surface area contributed by atoms with Gasteiger partial charge in [0.2, 0.25) is 5.91 Å². The number of esters is 1. The van der Waals surface area contributed by atoms with Crippen LogP contribution in [0.15, 0.2) is 46.9 Å². The second-order valence-corrected chi connectivity index (χ2v) is 7.15. The fourth-order valence-electron chi connectivity index (χ4n) is 1.97. The molecule has 142 valence electrons. The molecule has 0 atom stereocenters. The monoisotopic (exact) mass is 472 g/mol. The third-order valence-corrected chi connectivity index (χ3v) is 4.34. The van der Waals surface area contributed by atoms with Gasteiger partial charge in [0, 0.05) is 21.6 Å². The fraction of sp³-hybridized carbons (Fsp3) is 0.167. The number of benzene rings is 2. The molecule has 0 saturated carbocycles. The van der Waals surface area contributed by atoms with E-state index in [1.807, 2.05) is 0 Å². The molecule has 0 aliphatic rings. The highest BCUT2D eigenvalue weighted by Gasteiger charge is 2.12. The number of halogens is 3. The molecule has 27 heavy (non-hydrogen) atoms. The van der Waals surface area contributed by atoms with Gasteiger partial charge >= 0.3 is 5.97 Å². The number of nitrogens with one attached hydrogen (secondary N) is 2. The van der Waals surface area contributed by atoms with Crippen LogP contribution in [0.2, 0.25) is 10.0 Å². The van der Waals surface area contributed by atoms with E-state index in [2.05, 4.69) is 26.6 Å². The van der Waals surface area contributed by atoms with Gasteiger partial charge in [0.15, 0.2) is 6.61 Å². The molecule has 0 unspecified atom stereocenters. The van der Waals surface area contributed by atoms with Crippen LogP contribution in [-0.4, -0.2) is 24.4 Å². The SMILES string of the molecule is O=C(CCC(=O)OCC(=O)Nc1cc(Cl)ccc1Cl)Nc1ccc(Br)cc1. The first-order valence-corrected chi connectivity index (χ1v) is 9.34. The molecule has 6 nitrogen and oxygen atoms in total.